The summed E-state index contributed by atoms with van der Waals surface area (Å²) >= 11 is 0.954. The fraction of sp³-hybridized carbons (Fsp3) is 0.273. The molecule has 0 aliphatic rings. The van der Waals surface area contributed by atoms with Gasteiger partial charge in [0.2, 0.25) is 5.82 Å². The number of hydrogen-bond donors (Lipinski definition) is 0. The Bertz CT molecular complexity index is 672. The van der Waals surface area contributed by atoms with Crippen LogP contribution in [0.5, 0.6) is 0 Å². The molecular weight excluding hydrogens is 309 g/mol. The van der Waals surface area contributed by atoms with E-state index in [9.17, 15) is 23.3 Å². The minimum atomic E-state index is -4.58. The van der Waals surface area contributed by atoms with Crippen LogP contribution in [0.3, 0.4) is 0 Å². The van der Waals surface area contributed by atoms with Crippen LogP contribution in [0.2, 0.25) is 0 Å². The molecule has 0 amide bonds. The second kappa shape index (κ2) is 5.72. The molecule has 0 aliphatic carbocycles. The van der Waals surface area contributed by atoms with E-state index in [4.69, 9.17) is 0 Å². The molecule has 0 N–H and O–H groups in total. The third kappa shape index (κ3) is 3.32. The first-order chi connectivity index (χ1) is 9.80. The van der Waals surface area contributed by atoms with E-state index in [-0.39, 0.29) is 16.6 Å². The molecular formula is C11H9F3N4O2S. The van der Waals surface area contributed by atoms with Gasteiger partial charge in [0.05, 0.1) is 4.92 Å². The fourth-order valence-electron chi connectivity index (χ4n) is 1.64. The van der Waals surface area contributed by atoms with E-state index in [1.165, 1.54) is 19.2 Å². The van der Waals surface area contributed by atoms with E-state index >= 15 is 0 Å². The van der Waals surface area contributed by atoms with Crippen LogP contribution in [0.1, 0.15) is 11.4 Å². The zero-order valence-corrected chi connectivity index (χ0v) is 11.5. The molecule has 0 saturated carbocycles. The predicted octanol–water partition coefficient (Wildman–Crippen LogP) is 3.03. The number of halogens is 3. The SMILES string of the molecule is Cn1c(SCc2ccccc2[N+](=O)[O-])nnc1C(F)(F)F. The first kappa shape index (κ1) is 15.3. The first-order valence-corrected chi connectivity index (χ1v) is 6.61. The molecule has 0 fully saturated rings. The maximum Gasteiger partial charge on any atom is 0.451 e. The molecule has 0 spiro atoms. The summed E-state index contributed by atoms with van der Waals surface area (Å²) in [7, 11) is 1.20. The molecule has 0 bridgehead atoms. The number of rotatable bonds is 4. The average molecular weight is 318 g/mol. The van der Waals surface area contributed by atoms with E-state index in [0.717, 1.165) is 16.3 Å². The molecule has 1 heterocycles. The van der Waals surface area contributed by atoms with Crippen molar-refractivity contribution in [3.8, 4) is 0 Å². The second-order valence-electron chi connectivity index (χ2n) is 4.04. The predicted molar refractivity (Wildman–Crippen MR) is 68.7 cm³/mol. The molecule has 0 unspecified atom stereocenters. The number of hydrogen-bond acceptors (Lipinski definition) is 5. The van der Waals surface area contributed by atoms with Gasteiger partial charge in [0.1, 0.15) is 0 Å². The molecule has 21 heavy (non-hydrogen) atoms. The van der Waals surface area contributed by atoms with Crippen LogP contribution in [-0.2, 0) is 19.0 Å². The number of thioether (sulfide) groups is 1. The fourth-order valence-corrected chi connectivity index (χ4v) is 2.55. The zero-order valence-electron chi connectivity index (χ0n) is 10.7. The highest BCUT2D eigenvalue weighted by molar-refractivity contribution is 7.98. The van der Waals surface area contributed by atoms with Gasteiger partial charge in [0.25, 0.3) is 5.69 Å². The van der Waals surface area contributed by atoms with Crippen molar-refractivity contribution >= 4 is 17.4 Å². The molecule has 0 aliphatic heterocycles. The maximum atomic E-state index is 12.6. The molecule has 2 rings (SSSR count). The Balaban J connectivity index is 2.18. The van der Waals surface area contributed by atoms with Crippen molar-refractivity contribution in [1.29, 1.82) is 0 Å². The van der Waals surface area contributed by atoms with Gasteiger partial charge in [0, 0.05) is 24.4 Å². The smallest absolute Gasteiger partial charge is 0.302 e. The highest BCUT2D eigenvalue weighted by Crippen LogP contribution is 2.31. The van der Waals surface area contributed by atoms with Gasteiger partial charge in [-0.3, -0.25) is 10.1 Å². The second-order valence-corrected chi connectivity index (χ2v) is 4.98. The highest BCUT2D eigenvalue weighted by Gasteiger charge is 2.37. The minimum Gasteiger partial charge on any atom is -0.302 e. The third-order valence-electron chi connectivity index (χ3n) is 2.63. The lowest BCUT2D eigenvalue weighted by Gasteiger charge is -2.06. The van der Waals surface area contributed by atoms with Crippen LogP contribution >= 0.6 is 11.8 Å². The van der Waals surface area contributed by atoms with Gasteiger partial charge in [-0.1, -0.05) is 30.0 Å². The zero-order chi connectivity index (χ0) is 15.6. The normalized spacial score (nSPS) is 11.6. The lowest BCUT2D eigenvalue weighted by atomic mass is 10.2. The van der Waals surface area contributed by atoms with Gasteiger partial charge in [-0.25, -0.2) is 0 Å². The van der Waals surface area contributed by atoms with Crippen molar-refractivity contribution in [2.45, 2.75) is 17.1 Å². The summed E-state index contributed by atoms with van der Waals surface area (Å²) in [6, 6.07) is 6.04. The van der Waals surface area contributed by atoms with Crippen molar-refractivity contribution in [3.63, 3.8) is 0 Å². The van der Waals surface area contributed by atoms with Crippen molar-refractivity contribution in [2.24, 2.45) is 7.05 Å². The maximum absolute atomic E-state index is 12.6. The Morgan fingerprint density at radius 1 is 1.33 bits per heavy atom. The van der Waals surface area contributed by atoms with Gasteiger partial charge in [-0.2, -0.15) is 13.2 Å². The molecule has 1 aromatic carbocycles. The first-order valence-electron chi connectivity index (χ1n) is 5.62. The topological polar surface area (TPSA) is 73.8 Å². The van der Waals surface area contributed by atoms with E-state index in [1.54, 1.807) is 12.1 Å². The number of para-hydroxylation sites is 1. The van der Waals surface area contributed by atoms with Gasteiger partial charge in [0.15, 0.2) is 5.16 Å². The van der Waals surface area contributed by atoms with Gasteiger partial charge in [-0.05, 0) is 0 Å². The monoisotopic (exact) mass is 318 g/mol. The van der Waals surface area contributed by atoms with Crippen LogP contribution in [0.25, 0.3) is 0 Å². The van der Waals surface area contributed by atoms with Crippen LogP contribution in [0, 0.1) is 10.1 Å². The van der Waals surface area contributed by atoms with Crippen molar-refractivity contribution in [1.82, 2.24) is 14.8 Å². The van der Waals surface area contributed by atoms with Crippen LogP contribution in [-0.4, -0.2) is 19.7 Å². The number of aromatic nitrogens is 3. The quantitative estimate of drug-likeness (QED) is 0.492. The molecule has 0 radical (unpaired) electrons. The number of benzene rings is 1. The van der Waals surface area contributed by atoms with Crippen molar-refractivity contribution in [2.75, 3.05) is 0 Å². The van der Waals surface area contributed by atoms with E-state index in [0.29, 0.717) is 5.56 Å². The molecule has 1 aromatic heterocycles. The third-order valence-corrected chi connectivity index (χ3v) is 3.70. The molecule has 112 valence electrons. The van der Waals surface area contributed by atoms with Gasteiger partial charge < -0.3 is 4.57 Å². The largest absolute Gasteiger partial charge is 0.451 e. The number of alkyl halides is 3. The number of nitro groups is 1. The summed E-state index contributed by atoms with van der Waals surface area (Å²) in [5.41, 5.74) is 0.326. The van der Waals surface area contributed by atoms with Crippen molar-refractivity contribution < 1.29 is 18.1 Å². The van der Waals surface area contributed by atoms with Gasteiger partial charge >= 0.3 is 6.18 Å². The standard InChI is InChI=1S/C11H9F3N4O2S/c1-17-9(11(12,13)14)15-16-10(17)21-6-7-4-2-3-5-8(7)18(19)20/h2-5H,6H2,1H3. The summed E-state index contributed by atoms with van der Waals surface area (Å²) in [4.78, 5) is 10.3. The van der Waals surface area contributed by atoms with E-state index < -0.39 is 16.9 Å². The van der Waals surface area contributed by atoms with E-state index in [2.05, 4.69) is 10.2 Å². The summed E-state index contributed by atoms with van der Waals surface area (Å²) in [5, 5.41) is 17.4. The number of nitro benzene ring substituents is 1. The molecule has 6 nitrogen and oxygen atoms in total. The Morgan fingerprint density at radius 3 is 2.57 bits per heavy atom. The van der Waals surface area contributed by atoms with Gasteiger partial charge in [-0.15, -0.1) is 10.2 Å². The lowest BCUT2D eigenvalue weighted by Crippen LogP contribution is -2.12. The lowest BCUT2D eigenvalue weighted by molar-refractivity contribution is -0.385. The number of nitrogens with zero attached hydrogens (tertiary/aromatic N) is 4. The van der Waals surface area contributed by atoms with Crippen LogP contribution in [0.4, 0.5) is 18.9 Å². The summed E-state index contributed by atoms with van der Waals surface area (Å²) < 4.78 is 38.5. The average Bonchev–Trinajstić information content (AvgIpc) is 2.77. The Labute approximate surface area is 121 Å². The Hall–Kier alpha value is -2.10. The summed E-state index contributed by atoms with van der Waals surface area (Å²) in [5.74, 6) is -0.978. The summed E-state index contributed by atoms with van der Waals surface area (Å²) in [6.45, 7) is 0. The Kier molecular flexibility index (Phi) is 4.16. The van der Waals surface area contributed by atoms with Crippen LogP contribution in [0.15, 0.2) is 29.4 Å². The minimum absolute atomic E-state index is 0.0421. The summed E-state index contributed by atoms with van der Waals surface area (Å²) in [6.07, 6.45) is -4.58. The highest BCUT2D eigenvalue weighted by atomic mass is 32.2. The Morgan fingerprint density at radius 2 is 2.00 bits per heavy atom. The van der Waals surface area contributed by atoms with Crippen molar-refractivity contribution in [3.05, 3.63) is 45.8 Å². The molecule has 10 heteroatoms. The molecule has 2 aromatic rings. The van der Waals surface area contributed by atoms with Crippen LogP contribution < -0.4 is 0 Å². The molecule has 0 saturated heterocycles. The van der Waals surface area contributed by atoms with E-state index in [1.807, 2.05) is 0 Å². The molecule has 0 atom stereocenters.